The molecular formula is C17H13ClN2O4. The van der Waals surface area contributed by atoms with Gasteiger partial charge in [-0.1, -0.05) is 23.7 Å². The maximum absolute atomic E-state index is 11.9. The van der Waals surface area contributed by atoms with Crippen molar-refractivity contribution < 1.29 is 19.1 Å². The van der Waals surface area contributed by atoms with Gasteiger partial charge in [-0.05, 0) is 30.3 Å². The molecule has 24 heavy (non-hydrogen) atoms. The number of halogens is 1. The number of rotatable bonds is 5. The molecule has 0 aromatic heterocycles. The quantitative estimate of drug-likeness (QED) is 0.842. The summed E-state index contributed by atoms with van der Waals surface area (Å²) in [6, 6.07) is 12.9. The molecule has 2 rings (SSSR count). The summed E-state index contributed by atoms with van der Waals surface area (Å²) in [4.78, 5) is 23.6. The fraction of sp³-hybridized carbons (Fsp3) is 0.118. The third-order valence-electron chi connectivity index (χ3n) is 3.02. The Hall–Kier alpha value is -3.04. The molecule has 0 aliphatic heterocycles. The van der Waals surface area contributed by atoms with Gasteiger partial charge in [-0.2, -0.15) is 5.26 Å². The molecule has 2 aromatic rings. The second kappa shape index (κ2) is 7.99. The van der Waals surface area contributed by atoms with Crippen LogP contribution in [0.2, 0.25) is 5.02 Å². The van der Waals surface area contributed by atoms with Crippen molar-refractivity contribution in [1.82, 2.24) is 0 Å². The lowest BCUT2D eigenvalue weighted by Crippen LogP contribution is -2.21. The van der Waals surface area contributed by atoms with Gasteiger partial charge in [-0.25, -0.2) is 4.79 Å². The molecule has 122 valence electrons. The van der Waals surface area contributed by atoms with Crippen molar-refractivity contribution >= 4 is 29.2 Å². The van der Waals surface area contributed by atoms with E-state index in [-0.39, 0.29) is 22.9 Å². The zero-order valence-electron chi connectivity index (χ0n) is 12.7. The zero-order chi connectivity index (χ0) is 17.5. The van der Waals surface area contributed by atoms with E-state index in [4.69, 9.17) is 21.6 Å². The van der Waals surface area contributed by atoms with Gasteiger partial charge >= 0.3 is 5.97 Å². The Balaban J connectivity index is 2.01. The van der Waals surface area contributed by atoms with Crippen molar-refractivity contribution in [3.63, 3.8) is 0 Å². The summed E-state index contributed by atoms with van der Waals surface area (Å²) in [6.07, 6.45) is 0. The van der Waals surface area contributed by atoms with Crippen LogP contribution in [0.4, 0.5) is 5.69 Å². The van der Waals surface area contributed by atoms with E-state index in [0.29, 0.717) is 11.3 Å². The largest absolute Gasteiger partial charge is 0.483 e. The number of methoxy groups -OCH3 is 1. The van der Waals surface area contributed by atoms with Crippen LogP contribution in [0.15, 0.2) is 42.5 Å². The Labute approximate surface area is 143 Å². The van der Waals surface area contributed by atoms with Gasteiger partial charge in [0.05, 0.1) is 17.7 Å². The summed E-state index contributed by atoms with van der Waals surface area (Å²) in [5.74, 6) is -0.738. The van der Waals surface area contributed by atoms with Crippen LogP contribution in [-0.2, 0) is 9.53 Å². The number of carbonyl (C=O) groups excluding carboxylic acids is 2. The van der Waals surface area contributed by atoms with Crippen LogP contribution in [0.3, 0.4) is 0 Å². The first-order valence-electron chi connectivity index (χ1n) is 6.84. The first-order chi connectivity index (χ1) is 11.5. The maximum atomic E-state index is 11.9. The van der Waals surface area contributed by atoms with Crippen LogP contribution < -0.4 is 10.1 Å². The molecule has 7 heteroatoms. The number of hydrogen-bond donors (Lipinski definition) is 1. The number of nitrogens with one attached hydrogen (secondary N) is 1. The summed E-state index contributed by atoms with van der Waals surface area (Å²) in [6.45, 7) is -0.300. The van der Waals surface area contributed by atoms with Gasteiger partial charge in [-0.15, -0.1) is 0 Å². The summed E-state index contributed by atoms with van der Waals surface area (Å²) in [5, 5.41) is 11.6. The fourth-order valence-electron chi connectivity index (χ4n) is 1.90. The van der Waals surface area contributed by atoms with Gasteiger partial charge in [0.15, 0.2) is 6.61 Å². The maximum Gasteiger partial charge on any atom is 0.341 e. The highest BCUT2D eigenvalue weighted by Gasteiger charge is 2.13. The van der Waals surface area contributed by atoms with E-state index in [0.717, 1.165) is 0 Å². The SMILES string of the molecule is COC(=O)c1ccccc1OCC(=O)Nc1ccc(C#N)c(Cl)c1. The Bertz CT molecular complexity index is 814. The summed E-state index contributed by atoms with van der Waals surface area (Å²) in [7, 11) is 1.26. The number of hydrogen-bond acceptors (Lipinski definition) is 5. The molecule has 2 aromatic carbocycles. The minimum Gasteiger partial charge on any atom is -0.483 e. The first kappa shape index (κ1) is 17.3. The normalized spacial score (nSPS) is 9.71. The second-order valence-corrected chi connectivity index (χ2v) is 5.04. The van der Waals surface area contributed by atoms with Crippen molar-refractivity contribution in [1.29, 1.82) is 5.26 Å². The van der Waals surface area contributed by atoms with E-state index in [1.807, 2.05) is 6.07 Å². The minimum absolute atomic E-state index is 0.231. The summed E-state index contributed by atoms with van der Waals surface area (Å²) >= 11 is 5.90. The van der Waals surface area contributed by atoms with Crippen molar-refractivity contribution in [2.45, 2.75) is 0 Å². The molecule has 0 spiro atoms. The molecule has 1 amide bonds. The first-order valence-corrected chi connectivity index (χ1v) is 7.22. The second-order valence-electron chi connectivity index (χ2n) is 4.63. The van der Waals surface area contributed by atoms with Gasteiger partial charge in [0.1, 0.15) is 17.4 Å². The number of anilines is 1. The Morgan fingerprint density at radius 1 is 1.25 bits per heavy atom. The lowest BCUT2D eigenvalue weighted by molar-refractivity contribution is -0.118. The van der Waals surface area contributed by atoms with Crippen LogP contribution in [0.1, 0.15) is 15.9 Å². The highest BCUT2D eigenvalue weighted by atomic mass is 35.5. The molecule has 0 fully saturated rings. The molecule has 0 bridgehead atoms. The summed E-state index contributed by atoms with van der Waals surface area (Å²) < 4.78 is 10.0. The highest BCUT2D eigenvalue weighted by Crippen LogP contribution is 2.21. The number of para-hydroxylation sites is 1. The Morgan fingerprint density at radius 3 is 2.67 bits per heavy atom. The van der Waals surface area contributed by atoms with Gasteiger partial charge in [0.25, 0.3) is 5.91 Å². The van der Waals surface area contributed by atoms with Crippen LogP contribution in [0.5, 0.6) is 5.75 Å². The van der Waals surface area contributed by atoms with E-state index >= 15 is 0 Å². The molecule has 1 N–H and O–H groups in total. The summed E-state index contributed by atoms with van der Waals surface area (Å²) in [5.41, 5.74) is 0.987. The van der Waals surface area contributed by atoms with Gasteiger partial charge < -0.3 is 14.8 Å². The number of nitrogens with zero attached hydrogens (tertiary/aromatic N) is 1. The smallest absolute Gasteiger partial charge is 0.341 e. The average Bonchev–Trinajstić information content (AvgIpc) is 2.59. The topological polar surface area (TPSA) is 88.4 Å². The van der Waals surface area contributed by atoms with Gasteiger partial charge in [0.2, 0.25) is 0 Å². The Kier molecular flexibility index (Phi) is 5.77. The molecule has 0 radical (unpaired) electrons. The van der Waals surface area contributed by atoms with Gasteiger partial charge in [-0.3, -0.25) is 4.79 Å². The fourth-order valence-corrected chi connectivity index (χ4v) is 2.12. The van der Waals surface area contributed by atoms with Crippen molar-refractivity contribution in [2.24, 2.45) is 0 Å². The molecule has 0 saturated heterocycles. The zero-order valence-corrected chi connectivity index (χ0v) is 13.5. The average molecular weight is 345 g/mol. The van der Waals surface area contributed by atoms with Crippen molar-refractivity contribution in [3.05, 3.63) is 58.6 Å². The van der Waals surface area contributed by atoms with E-state index < -0.39 is 11.9 Å². The molecular weight excluding hydrogens is 332 g/mol. The molecule has 0 unspecified atom stereocenters. The van der Waals surface area contributed by atoms with E-state index in [1.54, 1.807) is 30.3 Å². The monoisotopic (exact) mass is 344 g/mol. The molecule has 0 aliphatic carbocycles. The van der Waals surface area contributed by atoms with Crippen LogP contribution in [0.25, 0.3) is 0 Å². The highest BCUT2D eigenvalue weighted by molar-refractivity contribution is 6.32. The standard InChI is InChI=1S/C17H13ClN2O4/c1-23-17(22)13-4-2-3-5-15(13)24-10-16(21)20-12-7-6-11(9-19)14(18)8-12/h2-8H,10H2,1H3,(H,20,21). The van der Waals surface area contributed by atoms with E-state index in [9.17, 15) is 9.59 Å². The predicted molar refractivity (Wildman–Crippen MR) is 88.1 cm³/mol. The lowest BCUT2D eigenvalue weighted by atomic mass is 10.2. The van der Waals surface area contributed by atoms with Gasteiger partial charge in [0, 0.05) is 5.69 Å². The Morgan fingerprint density at radius 2 is 2.00 bits per heavy atom. The molecule has 0 aliphatic rings. The van der Waals surface area contributed by atoms with Crippen LogP contribution in [0, 0.1) is 11.3 Å². The lowest BCUT2D eigenvalue weighted by Gasteiger charge is -2.10. The number of esters is 1. The van der Waals surface area contributed by atoms with Crippen LogP contribution >= 0.6 is 11.6 Å². The number of amides is 1. The van der Waals surface area contributed by atoms with E-state index in [1.165, 1.54) is 19.2 Å². The van der Waals surface area contributed by atoms with Crippen molar-refractivity contribution in [3.8, 4) is 11.8 Å². The molecule has 6 nitrogen and oxygen atoms in total. The number of nitriles is 1. The number of ether oxygens (including phenoxy) is 2. The van der Waals surface area contributed by atoms with Crippen molar-refractivity contribution in [2.75, 3.05) is 19.0 Å². The minimum atomic E-state index is -0.551. The number of carbonyl (C=O) groups is 2. The predicted octanol–water partition coefficient (Wildman–Crippen LogP) is 3.02. The van der Waals surface area contributed by atoms with Crippen LogP contribution in [-0.4, -0.2) is 25.6 Å². The third kappa shape index (κ3) is 4.24. The molecule has 0 saturated carbocycles. The third-order valence-corrected chi connectivity index (χ3v) is 3.34. The molecule has 0 atom stereocenters. The molecule has 0 heterocycles. The van der Waals surface area contributed by atoms with E-state index in [2.05, 4.69) is 10.1 Å². The number of benzene rings is 2.